The number of methoxy groups -OCH3 is 1. The van der Waals surface area contributed by atoms with Gasteiger partial charge in [-0.15, -0.1) is 0 Å². The molecule has 1 heterocycles. The fourth-order valence-corrected chi connectivity index (χ4v) is 5.61. The lowest BCUT2D eigenvalue weighted by molar-refractivity contribution is -0.150. The van der Waals surface area contributed by atoms with Crippen LogP contribution in [-0.2, 0) is 21.0 Å². The molecule has 3 aliphatic rings. The zero-order chi connectivity index (χ0) is 26.0. The van der Waals surface area contributed by atoms with Crippen molar-refractivity contribution in [2.45, 2.75) is 75.8 Å². The lowest BCUT2D eigenvalue weighted by Gasteiger charge is -2.42. The molecule has 2 amide bonds. The van der Waals surface area contributed by atoms with Gasteiger partial charge >= 0.3 is 0 Å². The number of hydrogen-bond acceptors (Lipinski definition) is 8. The van der Waals surface area contributed by atoms with Gasteiger partial charge in [0.05, 0.1) is 32.3 Å². The van der Waals surface area contributed by atoms with Gasteiger partial charge in [0, 0.05) is 30.1 Å². The molecule has 196 valence electrons. The van der Waals surface area contributed by atoms with Crippen molar-refractivity contribution in [2.24, 2.45) is 0 Å². The van der Waals surface area contributed by atoms with Crippen LogP contribution in [0.3, 0.4) is 0 Å². The minimum absolute atomic E-state index is 0.0219. The molecule has 1 aliphatic heterocycles. The number of benzene rings is 1. The van der Waals surface area contributed by atoms with Crippen LogP contribution >= 0.6 is 0 Å². The molecule has 1 aromatic carbocycles. The lowest BCUT2D eigenvalue weighted by Crippen LogP contribution is -2.59. The van der Waals surface area contributed by atoms with Crippen molar-refractivity contribution >= 4 is 17.6 Å². The standard InChI is InChI=1S/C26H34N2O8/c1-3-19(31)26(34)28(15-6-4-5-7-15)18-12-17(25(33)27-8-9-29)21-16-10-14(13-30)11-20(35-2)23(16)36-24(21)22(18)32/h10-12,15,18,21-22,24,29-30,32H,3-9,13H2,1-2H3,(H,27,33)/t18-,21+,22+,24+/m1/s1. The Bertz CT molecular complexity index is 1050. The Morgan fingerprint density at radius 1 is 1.19 bits per heavy atom. The highest BCUT2D eigenvalue weighted by molar-refractivity contribution is 6.36. The number of aliphatic hydroxyl groups is 3. The van der Waals surface area contributed by atoms with E-state index < -0.39 is 41.8 Å². The zero-order valence-electron chi connectivity index (χ0n) is 20.6. The van der Waals surface area contributed by atoms with Crippen molar-refractivity contribution in [2.75, 3.05) is 20.3 Å². The average molecular weight is 503 g/mol. The van der Waals surface area contributed by atoms with Crippen LogP contribution in [0, 0.1) is 0 Å². The van der Waals surface area contributed by atoms with Crippen LogP contribution in [0.1, 0.15) is 56.1 Å². The highest BCUT2D eigenvalue weighted by Gasteiger charge is 2.52. The Balaban J connectivity index is 1.83. The molecule has 10 nitrogen and oxygen atoms in total. The molecule has 0 saturated heterocycles. The molecule has 36 heavy (non-hydrogen) atoms. The molecule has 0 bridgehead atoms. The largest absolute Gasteiger partial charge is 0.493 e. The molecule has 0 radical (unpaired) electrons. The maximum Gasteiger partial charge on any atom is 0.290 e. The van der Waals surface area contributed by atoms with E-state index >= 15 is 0 Å². The van der Waals surface area contributed by atoms with Crippen molar-refractivity contribution in [1.29, 1.82) is 0 Å². The summed E-state index contributed by atoms with van der Waals surface area (Å²) >= 11 is 0. The van der Waals surface area contributed by atoms with Crippen LogP contribution in [0.15, 0.2) is 23.8 Å². The highest BCUT2D eigenvalue weighted by atomic mass is 16.5. The van der Waals surface area contributed by atoms with E-state index in [0.29, 0.717) is 35.5 Å². The third-order valence-corrected chi connectivity index (χ3v) is 7.33. The predicted octanol–water partition coefficient (Wildman–Crippen LogP) is 0.560. The SMILES string of the molecule is CCC(=O)C(=O)N(C1CCCC1)[C@@H]1C=C(C(=O)NCCO)[C@@H]2c3cc(CO)cc(OC)c3O[C@@H]2[C@H]1O. The third kappa shape index (κ3) is 4.60. The Morgan fingerprint density at radius 2 is 1.92 bits per heavy atom. The van der Waals surface area contributed by atoms with Crippen LogP contribution in [0.4, 0.5) is 0 Å². The van der Waals surface area contributed by atoms with E-state index in [2.05, 4.69) is 5.32 Å². The van der Waals surface area contributed by atoms with Gasteiger partial charge in [-0.05, 0) is 36.6 Å². The number of amides is 2. The quantitative estimate of drug-likeness (QED) is 0.359. The number of carbonyl (C=O) groups excluding carboxylic acids is 3. The smallest absolute Gasteiger partial charge is 0.290 e. The zero-order valence-corrected chi connectivity index (χ0v) is 20.6. The molecule has 10 heteroatoms. The van der Waals surface area contributed by atoms with Crippen LogP contribution in [-0.4, -0.2) is 82.4 Å². The first-order chi connectivity index (χ1) is 17.4. The van der Waals surface area contributed by atoms with Crippen LogP contribution in [0.25, 0.3) is 0 Å². The van der Waals surface area contributed by atoms with Gasteiger partial charge in [0.25, 0.3) is 5.91 Å². The van der Waals surface area contributed by atoms with E-state index in [-0.39, 0.29) is 37.8 Å². The molecule has 4 rings (SSSR count). The predicted molar refractivity (Wildman–Crippen MR) is 128 cm³/mol. The molecule has 1 saturated carbocycles. The molecule has 1 fully saturated rings. The molecule has 0 spiro atoms. The number of hydrogen-bond donors (Lipinski definition) is 4. The van der Waals surface area contributed by atoms with Crippen LogP contribution < -0.4 is 14.8 Å². The van der Waals surface area contributed by atoms with Gasteiger partial charge in [0.1, 0.15) is 12.2 Å². The topological polar surface area (TPSA) is 146 Å². The average Bonchev–Trinajstić information content (AvgIpc) is 3.56. The first-order valence-corrected chi connectivity index (χ1v) is 12.5. The fourth-order valence-electron chi connectivity index (χ4n) is 5.61. The third-order valence-electron chi connectivity index (χ3n) is 7.33. The Hall–Kier alpha value is -2.95. The molecule has 4 N–H and O–H groups in total. The normalized spacial score (nSPS) is 24.9. The number of ketones is 1. The summed E-state index contributed by atoms with van der Waals surface area (Å²) in [5, 5.41) is 33.2. The van der Waals surface area contributed by atoms with Crippen molar-refractivity contribution in [3.05, 3.63) is 34.9 Å². The molecule has 1 aromatic rings. The summed E-state index contributed by atoms with van der Waals surface area (Å²) in [4.78, 5) is 40.5. The summed E-state index contributed by atoms with van der Waals surface area (Å²) in [6, 6.07) is 2.15. The summed E-state index contributed by atoms with van der Waals surface area (Å²) < 4.78 is 11.7. The van der Waals surface area contributed by atoms with E-state index in [1.165, 1.54) is 12.0 Å². The maximum absolute atomic E-state index is 13.3. The number of ether oxygens (including phenoxy) is 2. The highest BCUT2D eigenvalue weighted by Crippen LogP contribution is 2.51. The second kappa shape index (κ2) is 11.0. The van der Waals surface area contributed by atoms with Gasteiger partial charge in [-0.1, -0.05) is 19.8 Å². The van der Waals surface area contributed by atoms with Gasteiger partial charge in [-0.2, -0.15) is 0 Å². The van der Waals surface area contributed by atoms with Gasteiger partial charge in [-0.3, -0.25) is 14.4 Å². The summed E-state index contributed by atoms with van der Waals surface area (Å²) in [6.45, 7) is 1.12. The summed E-state index contributed by atoms with van der Waals surface area (Å²) in [5.41, 5.74) is 1.40. The number of nitrogens with one attached hydrogen (secondary N) is 1. The lowest BCUT2D eigenvalue weighted by atomic mass is 9.77. The first kappa shape index (κ1) is 26.1. The van der Waals surface area contributed by atoms with E-state index in [0.717, 1.165) is 12.8 Å². The second-order valence-corrected chi connectivity index (χ2v) is 9.44. The van der Waals surface area contributed by atoms with Gasteiger partial charge in [0.15, 0.2) is 11.5 Å². The Kier molecular flexibility index (Phi) is 7.97. The fraction of sp³-hybridized carbons (Fsp3) is 0.577. The minimum Gasteiger partial charge on any atom is -0.493 e. The van der Waals surface area contributed by atoms with E-state index in [9.17, 15) is 29.7 Å². The van der Waals surface area contributed by atoms with Crippen molar-refractivity contribution in [3.63, 3.8) is 0 Å². The number of nitrogens with zero attached hydrogens (tertiary/aromatic N) is 1. The van der Waals surface area contributed by atoms with Gasteiger partial charge in [-0.25, -0.2) is 0 Å². The van der Waals surface area contributed by atoms with Crippen molar-refractivity contribution in [1.82, 2.24) is 10.2 Å². The maximum atomic E-state index is 13.3. The summed E-state index contributed by atoms with van der Waals surface area (Å²) in [6.07, 6.45) is 2.65. The van der Waals surface area contributed by atoms with Gasteiger partial charge in [0.2, 0.25) is 11.7 Å². The minimum atomic E-state index is -1.23. The van der Waals surface area contributed by atoms with E-state index in [1.807, 2.05) is 0 Å². The summed E-state index contributed by atoms with van der Waals surface area (Å²) in [5.74, 6) is -1.69. The molecular formula is C26H34N2O8. The van der Waals surface area contributed by atoms with Crippen molar-refractivity contribution in [3.8, 4) is 11.5 Å². The number of Topliss-reactive ketones (excluding diaryl/α,β-unsaturated/α-hetero) is 1. The summed E-state index contributed by atoms with van der Waals surface area (Å²) in [7, 11) is 1.46. The number of fused-ring (bicyclic) bond motifs is 3. The van der Waals surface area contributed by atoms with Crippen molar-refractivity contribution < 1.29 is 39.2 Å². The number of rotatable bonds is 9. The number of carbonyl (C=O) groups is 3. The molecular weight excluding hydrogens is 468 g/mol. The second-order valence-electron chi connectivity index (χ2n) is 9.44. The molecule has 2 aliphatic carbocycles. The Morgan fingerprint density at radius 3 is 2.53 bits per heavy atom. The van der Waals surface area contributed by atoms with Crippen LogP contribution in [0.2, 0.25) is 0 Å². The first-order valence-electron chi connectivity index (χ1n) is 12.5. The van der Waals surface area contributed by atoms with Crippen LogP contribution in [0.5, 0.6) is 11.5 Å². The van der Waals surface area contributed by atoms with E-state index in [1.54, 1.807) is 25.1 Å². The molecule has 0 unspecified atom stereocenters. The molecule has 4 atom stereocenters. The Labute approximate surface area is 209 Å². The number of aliphatic hydroxyl groups excluding tert-OH is 3. The van der Waals surface area contributed by atoms with E-state index in [4.69, 9.17) is 9.47 Å². The molecule has 0 aromatic heterocycles. The van der Waals surface area contributed by atoms with Gasteiger partial charge < -0.3 is 35.0 Å². The monoisotopic (exact) mass is 502 g/mol.